The van der Waals surface area contributed by atoms with Crippen molar-refractivity contribution in [1.82, 2.24) is 0 Å². The predicted octanol–water partition coefficient (Wildman–Crippen LogP) is 4.30. The second-order valence-corrected chi connectivity index (χ2v) is 7.16. The first-order chi connectivity index (χ1) is 9.17. The van der Waals surface area contributed by atoms with Crippen LogP contribution in [0.5, 0.6) is 0 Å². The van der Waals surface area contributed by atoms with E-state index in [1.165, 1.54) is 18.2 Å². The molecule has 1 aromatic rings. The molecule has 1 fully saturated rings. The molecule has 3 nitrogen and oxygen atoms in total. The molecule has 0 bridgehead atoms. The summed E-state index contributed by atoms with van der Waals surface area (Å²) in [6.45, 7) is 1.18. The molecule has 0 heterocycles. The van der Waals surface area contributed by atoms with Crippen LogP contribution in [-0.2, 0) is 9.53 Å². The number of hydrogen-bond acceptors (Lipinski definition) is 3. The van der Waals surface area contributed by atoms with Gasteiger partial charge in [0, 0.05) is 17.0 Å². The number of hydrogen-bond donors (Lipinski definition) is 0. The number of Topliss-reactive ketones (excluding diaryl/α,β-unsaturated/α-hetero) is 1. The van der Waals surface area contributed by atoms with Gasteiger partial charge in [0.15, 0.2) is 6.61 Å². The van der Waals surface area contributed by atoms with Gasteiger partial charge in [-0.05, 0) is 25.1 Å². The Balaban J connectivity index is 1.98. The van der Waals surface area contributed by atoms with E-state index in [0.717, 1.165) is 0 Å². The van der Waals surface area contributed by atoms with E-state index in [-0.39, 0.29) is 10.6 Å². The molecular formula is C13H10Cl4O3. The van der Waals surface area contributed by atoms with Crippen molar-refractivity contribution in [3.8, 4) is 0 Å². The number of carbonyl (C=O) groups is 2. The molecule has 0 aromatic heterocycles. The fourth-order valence-corrected chi connectivity index (χ4v) is 2.91. The standard InChI is InChI=1S/C13H10Cl4O3/c1-12(6-13(12,16)17)11(19)20-5-10(18)8-3-2-7(14)4-9(8)15/h2-4H,5-6H2,1H3/t12-/m0/s1. The van der Waals surface area contributed by atoms with E-state index >= 15 is 0 Å². The molecule has 1 saturated carbocycles. The van der Waals surface area contributed by atoms with Crippen LogP contribution in [0.3, 0.4) is 0 Å². The number of rotatable bonds is 4. The van der Waals surface area contributed by atoms with Crippen molar-refractivity contribution in [2.75, 3.05) is 6.61 Å². The maximum absolute atomic E-state index is 11.9. The minimum atomic E-state index is -1.12. The van der Waals surface area contributed by atoms with E-state index in [1.807, 2.05) is 0 Å². The van der Waals surface area contributed by atoms with E-state index in [4.69, 9.17) is 51.1 Å². The molecule has 0 radical (unpaired) electrons. The van der Waals surface area contributed by atoms with Gasteiger partial charge in [-0.25, -0.2) is 0 Å². The Morgan fingerprint density at radius 2 is 1.90 bits per heavy atom. The van der Waals surface area contributed by atoms with Gasteiger partial charge < -0.3 is 4.74 Å². The van der Waals surface area contributed by atoms with Gasteiger partial charge in [-0.15, -0.1) is 23.2 Å². The highest BCUT2D eigenvalue weighted by Crippen LogP contribution is 2.64. The zero-order chi connectivity index (χ0) is 15.1. The summed E-state index contributed by atoms with van der Waals surface area (Å²) in [6.07, 6.45) is 0.303. The molecule has 2 rings (SSSR count). The van der Waals surface area contributed by atoms with Crippen molar-refractivity contribution >= 4 is 58.2 Å². The highest BCUT2D eigenvalue weighted by molar-refractivity contribution is 6.53. The second-order valence-electron chi connectivity index (χ2n) is 4.84. The van der Waals surface area contributed by atoms with Gasteiger partial charge in [0.1, 0.15) is 9.75 Å². The minimum absolute atomic E-state index is 0.209. The fraction of sp³-hybridized carbons (Fsp3) is 0.385. The number of benzene rings is 1. The summed E-state index contributed by atoms with van der Waals surface area (Å²) in [4.78, 5) is 23.7. The molecule has 0 N–H and O–H groups in total. The first kappa shape index (κ1) is 15.9. The molecule has 0 aliphatic heterocycles. The van der Waals surface area contributed by atoms with E-state index in [0.29, 0.717) is 11.4 Å². The first-order valence-electron chi connectivity index (χ1n) is 5.71. The van der Waals surface area contributed by atoms with Crippen molar-refractivity contribution in [1.29, 1.82) is 0 Å². The summed E-state index contributed by atoms with van der Waals surface area (Å²) < 4.78 is 3.84. The molecule has 1 aliphatic carbocycles. The number of halogens is 4. The summed E-state index contributed by atoms with van der Waals surface area (Å²) >= 11 is 23.4. The third kappa shape index (κ3) is 2.91. The van der Waals surface area contributed by atoms with Crippen molar-refractivity contribution in [2.24, 2.45) is 5.41 Å². The number of ether oxygens (including phenoxy) is 1. The van der Waals surface area contributed by atoms with Crippen LogP contribution in [0.15, 0.2) is 18.2 Å². The summed E-state index contributed by atoms with van der Waals surface area (Å²) in [7, 11) is 0. The zero-order valence-electron chi connectivity index (χ0n) is 10.4. The molecule has 1 atom stereocenters. The van der Waals surface area contributed by atoms with Crippen LogP contribution in [0.2, 0.25) is 10.0 Å². The highest BCUT2D eigenvalue weighted by atomic mass is 35.5. The predicted molar refractivity (Wildman–Crippen MR) is 78.9 cm³/mol. The lowest BCUT2D eigenvalue weighted by atomic mass is 10.1. The zero-order valence-corrected chi connectivity index (χ0v) is 13.4. The van der Waals surface area contributed by atoms with Crippen molar-refractivity contribution in [3.63, 3.8) is 0 Å². The quantitative estimate of drug-likeness (QED) is 0.459. The largest absolute Gasteiger partial charge is 0.457 e. The Kier molecular flexibility index (Phi) is 4.27. The van der Waals surface area contributed by atoms with Gasteiger partial charge in [-0.2, -0.15) is 0 Å². The molecule has 0 spiro atoms. The Morgan fingerprint density at radius 3 is 2.40 bits per heavy atom. The Labute approximate surface area is 136 Å². The van der Waals surface area contributed by atoms with Crippen LogP contribution in [0.25, 0.3) is 0 Å². The third-order valence-electron chi connectivity index (χ3n) is 3.27. The molecule has 0 saturated heterocycles. The second kappa shape index (κ2) is 5.38. The Hall–Kier alpha value is -0.480. The van der Waals surface area contributed by atoms with Crippen molar-refractivity contribution in [2.45, 2.75) is 17.7 Å². The van der Waals surface area contributed by atoms with Gasteiger partial charge in [0.05, 0.1) is 5.02 Å². The molecule has 1 aliphatic rings. The molecular weight excluding hydrogens is 346 g/mol. The highest BCUT2D eigenvalue weighted by Gasteiger charge is 2.69. The molecule has 1 aromatic carbocycles. The first-order valence-corrected chi connectivity index (χ1v) is 7.22. The number of ketones is 1. The van der Waals surface area contributed by atoms with Crippen LogP contribution in [0, 0.1) is 5.41 Å². The Bertz CT molecular complexity index is 585. The lowest BCUT2D eigenvalue weighted by Gasteiger charge is -2.11. The van der Waals surface area contributed by atoms with Crippen molar-refractivity contribution in [3.05, 3.63) is 33.8 Å². The van der Waals surface area contributed by atoms with Crippen LogP contribution in [0.1, 0.15) is 23.7 Å². The SMILES string of the molecule is C[C@@]1(C(=O)OCC(=O)c2ccc(Cl)cc2Cl)CC1(Cl)Cl. The maximum atomic E-state index is 11.9. The van der Waals surface area contributed by atoms with E-state index in [9.17, 15) is 9.59 Å². The average molecular weight is 356 g/mol. The summed E-state index contributed by atoms with van der Waals surface area (Å²) in [5, 5.41) is 0.628. The van der Waals surface area contributed by atoms with Gasteiger partial charge in [0.25, 0.3) is 0 Å². The fourth-order valence-electron chi connectivity index (χ4n) is 1.71. The number of carbonyl (C=O) groups excluding carboxylic acids is 2. The molecule has 20 heavy (non-hydrogen) atoms. The Morgan fingerprint density at radius 1 is 1.30 bits per heavy atom. The smallest absolute Gasteiger partial charge is 0.315 e. The summed E-state index contributed by atoms with van der Waals surface area (Å²) in [5.74, 6) is -1.01. The minimum Gasteiger partial charge on any atom is -0.457 e. The van der Waals surface area contributed by atoms with Gasteiger partial charge in [0.2, 0.25) is 5.78 Å². The number of alkyl halides is 2. The van der Waals surface area contributed by atoms with Crippen LogP contribution >= 0.6 is 46.4 Å². The summed E-state index contributed by atoms with van der Waals surface area (Å²) in [5.41, 5.74) is -0.715. The van der Waals surface area contributed by atoms with Crippen LogP contribution < -0.4 is 0 Å². The monoisotopic (exact) mass is 354 g/mol. The van der Waals surface area contributed by atoms with Gasteiger partial charge in [-0.3, -0.25) is 9.59 Å². The van der Waals surface area contributed by atoms with Crippen LogP contribution in [-0.4, -0.2) is 22.7 Å². The molecule has 108 valence electrons. The number of esters is 1. The molecule has 0 unspecified atom stereocenters. The maximum Gasteiger partial charge on any atom is 0.315 e. The van der Waals surface area contributed by atoms with Gasteiger partial charge >= 0.3 is 5.97 Å². The van der Waals surface area contributed by atoms with E-state index < -0.39 is 28.1 Å². The van der Waals surface area contributed by atoms with E-state index in [1.54, 1.807) is 6.92 Å². The summed E-state index contributed by atoms with van der Waals surface area (Å²) in [6, 6.07) is 4.46. The lowest BCUT2D eigenvalue weighted by molar-refractivity contribution is -0.148. The normalized spacial score (nSPS) is 23.2. The molecule has 0 amide bonds. The van der Waals surface area contributed by atoms with Crippen molar-refractivity contribution < 1.29 is 14.3 Å². The lowest BCUT2D eigenvalue weighted by Crippen LogP contribution is -2.24. The topological polar surface area (TPSA) is 43.4 Å². The van der Waals surface area contributed by atoms with E-state index in [2.05, 4.69) is 0 Å². The molecule has 7 heteroatoms. The van der Waals surface area contributed by atoms with Crippen LogP contribution in [0.4, 0.5) is 0 Å². The van der Waals surface area contributed by atoms with Gasteiger partial charge in [-0.1, -0.05) is 23.2 Å². The average Bonchev–Trinajstić information content (AvgIpc) is 2.86. The third-order valence-corrected chi connectivity index (χ3v) is 4.92.